The van der Waals surface area contributed by atoms with E-state index in [-0.39, 0.29) is 6.42 Å². The zero-order valence-corrected chi connectivity index (χ0v) is 14.6. The Labute approximate surface area is 145 Å². The lowest BCUT2D eigenvalue weighted by Crippen LogP contribution is -2.42. The number of ether oxygens (including phenoxy) is 4. The maximum Gasteiger partial charge on any atom is 0.306 e. The molecular weight excluding hydrogens is 332 g/mol. The van der Waals surface area contributed by atoms with Gasteiger partial charge in [0.1, 0.15) is 0 Å². The second kappa shape index (κ2) is 10.0. The molecule has 0 heterocycles. The van der Waals surface area contributed by atoms with Gasteiger partial charge in [0.2, 0.25) is 11.7 Å². The number of rotatable bonds is 8. The fourth-order valence-electron chi connectivity index (χ4n) is 1.94. The summed E-state index contributed by atoms with van der Waals surface area (Å²) in [5.74, 6) is -0.170. The first-order valence-corrected chi connectivity index (χ1v) is 7.41. The summed E-state index contributed by atoms with van der Waals surface area (Å²) in [5.41, 5.74) is 4.97. The third-order valence-electron chi connectivity index (χ3n) is 3.08. The maximum atomic E-state index is 11.7. The molecule has 0 saturated carbocycles. The topological polar surface area (TPSA) is 112 Å². The third-order valence-corrected chi connectivity index (χ3v) is 3.08. The molecule has 0 aliphatic heterocycles. The highest BCUT2D eigenvalue weighted by molar-refractivity contribution is 5.83. The van der Waals surface area contributed by atoms with Crippen LogP contribution < -0.4 is 25.1 Å². The van der Waals surface area contributed by atoms with Gasteiger partial charge in [-0.1, -0.05) is 0 Å². The van der Waals surface area contributed by atoms with E-state index in [2.05, 4.69) is 10.9 Å². The minimum absolute atomic E-state index is 0.0616. The lowest BCUT2D eigenvalue weighted by atomic mass is 10.1. The summed E-state index contributed by atoms with van der Waals surface area (Å²) in [7, 11) is 4.51. The second-order valence-electron chi connectivity index (χ2n) is 4.92. The fourth-order valence-corrected chi connectivity index (χ4v) is 1.94. The molecule has 9 heteroatoms. The molecule has 1 aromatic rings. The van der Waals surface area contributed by atoms with Crippen molar-refractivity contribution in [1.29, 1.82) is 0 Å². The molecule has 0 unspecified atom stereocenters. The Morgan fingerprint density at radius 1 is 0.960 bits per heavy atom. The zero-order valence-electron chi connectivity index (χ0n) is 14.6. The Morgan fingerprint density at radius 3 is 2.04 bits per heavy atom. The first-order chi connectivity index (χ1) is 11.9. The molecule has 0 aromatic heterocycles. The van der Waals surface area contributed by atoms with Crippen molar-refractivity contribution in [2.24, 2.45) is 0 Å². The Kier molecular flexibility index (Phi) is 8.04. The van der Waals surface area contributed by atoms with Crippen LogP contribution in [0.25, 0.3) is 0 Å². The highest BCUT2D eigenvalue weighted by Crippen LogP contribution is 2.38. The smallest absolute Gasteiger partial charge is 0.306 e. The third kappa shape index (κ3) is 6.58. The number of benzene rings is 1. The van der Waals surface area contributed by atoms with Crippen LogP contribution in [0.1, 0.15) is 18.9 Å². The molecule has 0 radical (unpaired) electrons. The largest absolute Gasteiger partial charge is 0.493 e. The highest BCUT2D eigenvalue weighted by atomic mass is 16.5. The molecule has 25 heavy (non-hydrogen) atoms. The molecule has 0 aliphatic rings. The van der Waals surface area contributed by atoms with Crippen LogP contribution in [0.5, 0.6) is 17.2 Å². The van der Waals surface area contributed by atoms with Gasteiger partial charge >= 0.3 is 5.97 Å². The predicted molar refractivity (Wildman–Crippen MR) is 87.3 cm³/mol. The number of amides is 2. The van der Waals surface area contributed by atoms with Gasteiger partial charge in [0.25, 0.3) is 5.91 Å². The number of esters is 1. The molecule has 0 atom stereocenters. The summed E-state index contributed by atoms with van der Waals surface area (Å²) in [6.45, 7) is 0.762. The van der Waals surface area contributed by atoms with Crippen molar-refractivity contribution in [2.45, 2.75) is 19.8 Å². The van der Waals surface area contributed by atoms with Crippen LogP contribution in [-0.2, 0) is 25.5 Å². The van der Waals surface area contributed by atoms with E-state index in [4.69, 9.17) is 18.9 Å². The molecule has 0 bridgehead atoms. The van der Waals surface area contributed by atoms with Gasteiger partial charge in [0.15, 0.2) is 18.1 Å². The average Bonchev–Trinajstić information content (AvgIpc) is 2.61. The summed E-state index contributed by atoms with van der Waals surface area (Å²) in [6.07, 6.45) is 0.426. The zero-order chi connectivity index (χ0) is 18.8. The summed E-state index contributed by atoms with van der Waals surface area (Å²) in [4.78, 5) is 33.7. The van der Waals surface area contributed by atoms with Crippen molar-refractivity contribution >= 4 is 17.8 Å². The molecule has 0 saturated heterocycles. The minimum atomic E-state index is -0.628. The Balaban J connectivity index is 2.55. The lowest BCUT2D eigenvalue weighted by molar-refractivity contribution is -0.148. The first kappa shape index (κ1) is 20.1. The number of aryl methyl sites for hydroxylation is 1. The number of carbonyl (C=O) groups is 3. The molecule has 0 spiro atoms. The molecule has 1 rings (SSSR count). The van der Waals surface area contributed by atoms with Gasteiger partial charge in [-0.05, 0) is 24.1 Å². The first-order valence-electron chi connectivity index (χ1n) is 7.41. The number of hydrogen-bond acceptors (Lipinski definition) is 7. The van der Waals surface area contributed by atoms with E-state index in [1.807, 2.05) is 0 Å². The van der Waals surface area contributed by atoms with Crippen molar-refractivity contribution in [2.75, 3.05) is 27.9 Å². The Bertz CT molecular complexity index is 606. The normalized spacial score (nSPS) is 9.76. The molecule has 0 aliphatic carbocycles. The Morgan fingerprint density at radius 2 is 1.56 bits per heavy atom. The fraction of sp³-hybridized carbons (Fsp3) is 0.438. The number of methoxy groups -OCH3 is 3. The van der Waals surface area contributed by atoms with Crippen LogP contribution in [-0.4, -0.2) is 45.7 Å². The highest BCUT2D eigenvalue weighted by Gasteiger charge is 2.14. The number of nitrogens with one attached hydrogen (secondary N) is 2. The number of hydrazine groups is 1. The van der Waals surface area contributed by atoms with Gasteiger partial charge in [0.05, 0.1) is 21.3 Å². The summed E-state index contributed by atoms with van der Waals surface area (Å²) >= 11 is 0. The molecule has 2 amide bonds. The monoisotopic (exact) mass is 354 g/mol. The molecule has 1 aromatic carbocycles. The van der Waals surface area contributed by atoms with Crippen LogP contribution in [0.3, 0.4) is 0 Å². The van der Waals surface area contributed by atoms with Crippen LogP contribution in [0.2, 0.25) is 0 Å². The van der Waals surface area contributed by atoms with Gasteiger partial charge in [-0.2, -0.15) is 0 Å². The van der Waals surface area contributed by atoms with Crippen molar-refractivity contribution < 1.29 is 33.3 Å². The van der Waals surface area contributed by atoms with E-state index in [9.17, 15) is 14.4 Å². The van der Waals surface area contributed by atoms with Crippen LogP contribution >= 0.6 is 0 Å². The van der Waals surface area contributed by atoms with E-state index in [1.54, 1.807) is 12.1 Å². The van der Waals surface area contributed by atoms with Crippen molar-refractivity contribution in [1.82, 2.24) is 10.9 Å². The van der Waals surface area contributed by atoms with Crippen LogP contribution in [0.4, 0.5) is 0 Å². The molecule has 138 valence electrons. The molecular formula is C16H22N2O7. The van der Waals surface area contributed by atoms with Gasteiger partial charge in [0, 0.05) is 13.3 Å². The number of hydrogen-bond donors (Lipinski definition) is 2. The van der Waals surface area contributed by atoms with Crippen LogP contribution in [0, 0.1) is 0 Å². The van der Waals surface area contributed by atoms with E-state index in [0.29, 0.717) is 23.7 Å². The van der Waals surface area contributed by atoms with Gasteiger partial charge in [-0.25, -0.2) is 0 Å². The Hall–Kier alpha value is -2.97. The quantitative estimate of drug-likeness (QED) is 0.512. The molecule has 9 nitrogen and oxygen atoms in total. The standard InChI is InChI=1S/C16H22N2O7/c1-10(19)17-18-14(20)9-25-15(21)6-5-11-7-12(22-2)16(24-4)13(8-11)23-3/h7-8H,5-6,9H2,1-4H3,(H,17,19)(H,18,20). The van der Waals surface area contributed by atoms with Crippen molar-refractivity contribution in [3.05, 3.63) is 17.7 Å². The lowest BCUT2D eigenvalue weighted by Gasteiger charge is -2.14. The summed E-state index contributed by atoms with van der Waals surface area (Å²) in [5, 5.41) is 0. The second-order valence-corrected chi connectivity index (χ2v) is 4.92. The SMILES string of the molecule is COc1cc(CCC(=O)OCC(=O)NNC(C)=O)cc(OC)c1OC. The van der Waals surface area contributed by atoms with Gasteiger partial charge in [-0.3, -0.25) is 25.2 Å². The summed E-state index contributed by atoms with van der Waals surface area (Å²) < 4.78 is 20.5. The molecule has 2 N–H and O–H groups in total. The predicted octanol–water partition coefficient (Wildman–Crippen LogP) is 0.356. The van der Waals surface area contributed by atoms with E-state index in [1.165, 1.54) is 28.3 Å². The van der Waals surface area contributed by atoms with Crippen molar-refractivity contribution in [3.8, 4) is 17.2 Å². The maximum absolute atomic E-state index is 11.7. The van der Waals surface area contributed by atoms with E-state index >= 15 is 0 Å². The summed E-state index contributed by atoms with van der Waals surface area (Å²) in [6, 6.07) is 3.47. The van der Waals surface area contributed by atoms with Crippen molar-refractivity contribution in [3.63, 3.8) is 0 Å². The average molecular weight is 354 g/mol. The number of carbonyl (C=O) groups excluding carboxylic acids is 3. The van der Waals surface area contributed by atoms with Crippen LogP contribution in [0.15, 0.2) is 12.1 Å². The van der Waals surface area contributed by atoms with E-state index < -0.39 is 24.4 Å². The van der Waals surface area contributed by atoms with E-state index in [0.717, 1.165) is 5.56 Å². The minimum Gasteiger partial charge on any atom is -0.493 e. The molecule has 0 fully saturated rings. The van der Waals surface area contributed by atoms with Gasteiger partial charge in [-0.15, -0.1) is 0 Å². The van der Waals surface area contributed by atoms with Gasteiger partial charge < -0.3 is 18.9 Å².